The van der Waals surface area contributed by atoms with Crippen molar-refractivity contribution in [3.8, 4) is 39.8 Å². The quantitative estimate of drug-likeness (QED) is 0.326. The van der Waals surface area contributed by atoms with Crippen molar-refractivity contribution in [2.24, 2.45) is 0 Å². The summed E-state index contributed by atoms with van der Waals surface area (Å²) in [5, 5.41) is 13.7. The molecule has 0 amide bonds. The van der Waals surface area contributed by atoms with Gasteiger partial charge in [-0.25, -0.2) is 13.6 Å². The molecular weight excluding hydrogens is 470 g/mol. The Kier molecular flexibility index (Phi) is 7.48. The Hall–Kier alpha value is -4.40. The van der Waals surface area contributed by atoms with Gasteiger partial charge in [-0.1, -0.05) is 36.4 Å². The first kappa shape index (κ1) is 24.7. The van der Waals surface area contributed by atoms with E-state index in [4.69, 9.17) is 19.3 Å². The van der Waals surface area contributed by atoms with Gasteiger partial charge in [0.05, 0.1) is 25.6 Å². The Morgan fingerprint density at radius 1 is 0.917 bits per heavy atom. The molecule has 1 aromatic heterocycles. The number of hydrogen-bond acceptors (Lipinski definition) is 5. The van der Waals surface area contributed by atoms with Crippen LogP contribution in [0.15, 0.2) is 66.7 Å². The Bertz CT molecular complexity index is 1370. The maximum absolute atomic E-state index is 14.2. The molecule has 0 aliphatic rings. The fourth-order valence-corrected chi connectivity index (χ4v) is 3.89. The molecule has 1 heterocycles. The first-order chi connectivity index (χ1) is 17.4. The minimum absolute atomic E-state index is 0.122. The first-order valence-corrected chi connectivity index (χ1v) is 11.1. The third-order valence-electron chi connectivity index (χ3n) is 5.56. The van der Waals surface area contributed by atoms with Gasteiger partial charge < -0.3 is 19.3 Å². The van der Waals surface area contributed by atoms with Crippen LogP contribution in [0.25, 0.3) is 22.5 Å². The second kappa shape index (κ2) is 10.9. The third-order valence-corrected chi connectivity index (χ3v) is 5.56. The van der Waals surface area contributed by atoms with Gasteiger partial charge in [0.2, 0.25) is 0 Å². The highest BCUT2D eigenvalue weighted by molar-refractivity contribution is 5.77. The predicted molar refractivity (Wildman–Crippen MR) is 129 cm³/mol. The molecule has 9 heteroatoms. The number of ether oxygens (including phenoxy) is 3. The topological polar surface area (TPSA) is 82.8 Å². The zero-order valence-electron chi connectivity index (χ0n) is 19.7. The summed E-state index contributed by atoms with van der Waals surface area (Å²) in [7, 11) is 3.06. The van der Waals surface area contributed by atoms with E-state index < -0.39 is 24.2 Å². The minimum Gasteiger partial charge on any atom is -0.493 e. The number of hydrogen-bond donors (Lipinski definition) is 1. The second-order valence-electron chi connectivity index (χ2n) is 7.86. The Morgan fingerprint density at radius 2 is 1.67 bits per heavy atom. The van der Waals surface area contributed by atoms with Gasteiger partial charge in [0, 0.05) is 23.7 Å². The van der Waals surface area contributed by atoms with Gasteiger partial charge in [-0.05, 0) is 36.2 Å². The molecule has 0 radical (unpaired) electrons. The molecule has 0 spiro atoms. The Morgan fingerprint density at radius 3 is 2.36 bits per heavy atom. The number of aliphatic carboxylic acids is 1. The minimum atomic E-state index is -1.25. The molecule has 4 rings (SSSR count). The molecule has 0 atom stereocenters. The van der Waals surface area contributed by atoms with Crippen molar-refractivity contribution in [3.63, 3.8) is 0 Å². The molecule has 7 nitrogen and oxygen atoms in total. The summed E-state index contributed by atoms with van der Waals surface area (Å²) in [5.74, 6) is -2.64. The molecule has 0 unspecified atom stereocenters. The van der Waals surface area contributed by atoms with Crippen LogP contribution >= 0.6 is 0 Å². The molecule has 1 N–H and O–H groups in total. The number of carbonyl (C=O) groups is 1. The number of methoxy groups -OCH3 is 2. The summed E-state index contributed by atoms with van der Waals surface area (Å²) in [4.78, 5) is 11.0. The van der Waals surface area contributed by atoms with Gasteiger partial charge in [0.1, 0.15) is 5.75 Å². The number of benzene rings is 3. The average Bonchev–Trinajstić information content (AvgIpc) is 3.31. The van der Waals surface area contributed by atoms with Gasteiger partial charge in [0.25, 0.3) is 0 Å². The van der Waals surface area contributed by atoms with Crippen molar-refractivity contribution in [2.45, 2.75) is 13.0 Å². The van der Waals surface area contributed by atoms with Crippen molar-refractivity contribution < 1.29 is 32.9 Å². The SMILES string of the molecule is COc1cccc(-c2cc(-c3cc(F)c(F)cc3OCC(=O)O)nn2CCc2ccccc2)c1OC. The van der Waals surface area contributed by atoms with Gasteiger partial charge in [-0.3, -0.25) is 4.68 Å². The lowest BCUT2D eigenvalue weighted by molar-refractivity contribution is -0.139. The number of halogens is 2. The van der Waals surface area contributed by atoms with Crippen molar-refractivity contribution in [1.82, 2.24) is 9.78 Å². The second-order valence-corrected chi connectivity index (χ2v) is 7.86. The van der Waals surface area contributed by atoms with E-state index in [0.717, 1.165) is 17.7 Å². The van der Waals surface area contributed by atoms with Gasteiger partial charge in [-0.15, -0.1) is 0 Å². The van der Waals surface area contributed by atoms with Crippen molar-refractivity contribution in [2.75, 3.05) is 20.8 Å². The summed E-state index contributed by atoms with van der Waals surface area (Å²) in [6, 6.07) is 18.7. The van der Waals surface area contributed by atoms with E-state index in [1.165, 1.54) is 14.2 Å². The number of nitrogens with zero attached hydrogens (tertiary/aromatic N) is 2. The van der Waals surface area contributed by atoms with Gasteiger partial charge >= 0.3 is 5.97 Å². The molecular formula is C27H24F2N2O5. The molecule has 0 fully saturated rings. The van der Waals surface area contributed by atoms with Crippen molar-refractivity contribution in [3.05, 3.63) is 83.9 Å². The van der Waals surface area contributed by atoms with Crippen molar-refractivity contribution >= 4 is 5.97 Å². The highest BCUT2D eigenvalue weighted by atomic mass is 19.2. The van der Waals surface area contributed by atoms with E-state index in [2.05, 4.69) is 5.10 Å². The predicted octanol–water partition coefficient (Wildman–Crippen LogP) is 5.22. The molecule has 0 saturated heterocycles. The number of aromatic nitrogens is 2. The molecule has 4 aromatic rings. The van der Waals surface area contributed by atoms with Crippen LogP contribution in [0.1, 0.15) is 5.56 Å². The van der Waals surface area contributed by atoms with E-state index >= 15 is 0 Å². The Balaban J connectivity index is 1.84. The maximum atomic E-state index is 14.2. The number of para-hydroxylation sites is 1. The molecule has 36 heavy (non-hydrogen) atoms. The highest BCUT2D eigenvalue weighted by Gasteiger charge is 2.21. The van der Waals surface area contributed by atoms with Gasteiger partial charge in [-0.2, -0.15) is 5.10 Å². The van der Waals surface area contributed by atoms with Crippen LogP contribution in [-0.4, -0.2) is 41.7 Å². The molecule has 0 aliphatic heterocycles. The van der Waals surface area contributed by atoms with Crippen LogP contribution in [0.3, 0.4) is 0 Å². The number of carboxylic acid groups (broad SMARTS) is 1. The average molecular weight is 494 g/mol. The highest BCUT2D eigenvalue weighted by Crippen LogP contribution is 2.40. The van der Waals surface area contributed by atoms with Crippen LogP contribution < -0.4 is 14.2 Å². The Labute approximate surface area is 206 Å². The first-order valence-electron chi connectivity index (χ1n) is 11.1. The zero-order chi connectivity index (χ0) is 25.7. The number of rotatable bonds is 10. The number of carboxylic acids is 1. The van der Waals surface area contributed by atoms with Gasteiger partial charge in [0.15, 0.2) is 29.7 Å². The van der Waals surface area contributed by atoms with Crippen LogP contribution in [-0.2, 0) is 17.8 Å². The lowest BCUT2D eigenvalue weighted by Gasteiger charge is -2.14. The molecule has 0 saturated carbocycles. The van der Waals surface area contributed by atoms with E-state index in [1.807, 2.05) is 42.5 Å². The van der Waals surface area contributed by atoms with Crippen LogP contribution in [0, 0.1) is 11.6 Å². The maximum Gasteiger partial charge on any atom is 0.341 e. The number of aryl methyl sites for hydroxylation is 2. The molecule has 186 valence electrons. The molecule has 0 bridgehead atoms. The summed E-state index contributed by atoms with van der Waals surface area (Å²) in [6.45, 7) is -0.252. The van der Waals surface area contributed by atoms with Crippen LogP contribution in [0.2, 0.25) is 0 Å². The van der Waals surface area contributed by atoms with Crippen molar-refractivity contribution in [1.29, 1.82) is 0 Å². The summed E-state index contributed by atoms with van der Waals surface area (Å²) in [6.07, 6.45) is 0.654. The lowest BCUT2D eigenvalue weighted by Crippen LogP contribution is -2.10. The van der Waals surface area contributed by atoms with E-state index in [0.29, 0.717) is 35.7 Å². The summed E-state index contributed by atoms with van der Waals surface area (Å²) >= 11 is 0. The monoisotopic (exact) mass is 494 g/mol. The molecule has 0 aliphatic carbocycles. The fraction of sp³-hybridized carbons (Fsp3) is 0.185. The van der Waals surface area contributed by atoms with E-state index in [1.54, 1.807) is 16.8 Å². The summed E-state index contributed by atoms with van der Waals surface area (Å²) < 4.78 is 46.3. The normalized spacial score (nSPS) is 10.8. The largest absolute Gasteiger partial charge is 0.493 e. The van der Waals surface area contributed by atoms with E-state index in [9.17, 15) is 13.6 Å². The smallest absolute Gasteiger partial charge is 0.341 e. The molecule has 3 aromatic carbocycles. The van der Waals surface area contributed by atoms with Crippen LogP contribution in [0.4, 0.5) is 8.78 Å². The summed E-state index contributed by atoms with van der Waals surface area (Å²) in [5.41, 5.74) is 2.82. The third kappa shape index (κ3) is 5.30. The fourth-order valence-electron chi connectivity index (χ4n) is 3.89. The van der Waals surface area contributed by atoms with E-state index in [-0.39, 0.29) is 17.0 Å². The standard InChI is InChI=1S/C27H24F2N2O5/c1-34-24-10-6-9-18(27(24)35-2)23-15-22(30-31(23)12-11-17-7-4-3-5-8-17)19-13-20(28)21(29)14-25(19)36-16-26(32)33/h3-10,13-15H,11-12,16H2,1-2H3,(H,32,33). The zero-order valence-corrected chi connectivity index (χ0v) is 19.7. The lowest BCUT2D eigenvalue weighted by atomic mass is 10.1. The van der Waals surface area contributed by atoms with Crippen LogP contribution in [0.5, 0.6) is 17.2 Å².